The van der Waals surface area contributed by atoms with Crippen molar-refractivity contribution in [1.29, 1.82) is 0 Å². The van der Waals surface area contributed by atoms with Gasteiger partial charge in [-0.05, 0) is 41.6 Å². The van der Waals surface area contributed by atoms with Crippen LogP contribution in [0.15, 0.2) is 58.3 Å². The Bertz CT molecular complexity index is 817. The molecular weight excluding hydrogens is 368 g/mol. The standard InChI is InChI=1S/C19H24N2O3S2/c1-25-18-5-7-19(8-6-18)26(22,23)20-14-16-3-2-4-17(13-16)15-21-9-11-24-12-10-21/h2-8,13,20H,9-12,14-15H2,1H3. The van der Waals surface area contributed by atoms with Gasteiger partial charge in [-0.2, -0.15) is 0 Å². The third-order valence-corrected chi connectivity index (χ3v) is 6.50. The number of morpholine rings is 1. The Kier molecular flexibility index (Phi) is 6.72. The largest absolute Gasteiger partial charge is 0.379 e. The summed E-state index contributed by atoms with van der Waals surface area (Å²) in [7, 11) is -3.51. The molecule has 26 heavy (non-hydrogen) atoms. The SMILES string of the molecule is CSc1ccc(S(=O)(=O)NCc2cccc(CN3CCOCC3)c2)cc1. The van der Waals surface area contributed by atoms with Gasteiger partial charge in [0.2, 0.25) is 10.0 Å². The molecule has 1 aliphatic rings. The van der Waals surface area contributed by atoms with Crippen LogP contribution in [-0.4, -0.2) is 45.9 Å². The Hall–Kier alpha value is -1.38. The highest BCUT2D eigenvalue weighted by molar-refractivity contribution is 7.98. The smallest absolute Gasteiger partial charge is 0.240 e. The van der Waals surface area contributed by atoms with Gasteiger partial charge in [-0.25, -0.2) is 13.1 Å². The first kappa shape index (κ1) is 19.4. The molecule has 0 aliphatic carbocycles. The van der Waals surface area contributed by atoms with Crippen molar-refractivity contribution in [2.45, 2.75) is 22.9 Å². The normalized spacial score (nSPS) is 15.9. The molecule has 1 saturated heterocycles. The van der Waals surface area contributed by atoms with E-state index in [1.165, 1.54) is 5.56 Å². The van der Waals surface area contributed by atoms with Crippen LogP contribution >= 0.6 is 11.8 Å². The second kappa shape index (κ2) is 9.01. The average Bonchev–Trinajstić information content (AvgIpc) is 2.68. The zero-order valence-corrected chi connectivity index (χ0v) is 16.5. The number of thioether (sulfide) groups is 1. The summed E-state index contributed by atoms with van der Waals surface area (Å²) < 4.78 is 33.0. The monoisotopic (exact) mass is 392 g/mol. The second-order valence-electron chi connectivity index (χ2n) is 6.21. The van der Waals surface area contributed by atoms with Gasteiger partial charge in [0.25, 0.3) is 0 Å². The number of ether oxygens (including phenoxy) is 1. The molecule has 0 atom stereocenters. The van der Waals surface area contributed by atoms with E-state index < -0.39 is 10.0 Å². The quantitative estimate of drug-likeness (QED) is 0.734. The Morgan fingerprint density at radius 3 is 2.46 bits per heavy atom. The van der Waals surface area contributed by atoms with E-state index in [4.69, 9.17) is 4.74 Å². The van der Waals surface area contributed by atoms with Crippen molar-refractivity contribution in [3.8, 4) is 0 Å². The Morgan fingerprint density at radius 2 is 1.77 bits per heavy atom. The zero-order valence-electron chi connectivity index (χ0n) is 14.8. The second-order valence-corrected chi connectivity index (χ2v) is 8.86. The lowest BCUT2D eigenvalue weighted by atomic mass is 10.1. The highest BCUT2D eigenvalue weighted by Gasteiger charge is 2.14. The van der Waals surface area contributed by atoms with Crippen LogP contribution < -0.4 is 4.72 Å². The molecule has 3 rings (SSSR count). The van der Waals surface area contributed by atoms with E-state index in [1.54, 1.807) is 23.9 Å². The predicted octanol–water partition coefficient (Wildman–Crippen LogP) is 2.72. The van der Waals surface area contributed by atoms with Crippen molar-refractivity contribution in [1.82, 2.24) is 9.62 Å². The maximum Gasteiger partial charge on any atom is 0.240 e. The molecule has 1 heterocycles. The van der Waals surface area contributed by atoms with Gasteiger partial charge in [-0.3, -0.25) is 4.90 Å². The van der Waals surface area contributed by atoms with Crippen LogP contribution in [-0.2, 0) is 27.8 Å². The van der Waals surface area contributed by atoms with E-state index in [-0.39, 0.29) is 6.54 Å². The fraction of sp³-hybridized carbons (Fsp3) is 0.368. The lowest BCUT2D eigenvalue weighted by Gasteiger charge is -2.26. The molecule has 2 aromatic carbocycles. The molecule has 7 heteroatoms. The first-order valence-corrected chi connectivity index (χ1v) is 11.3. The van der Waals surface area contributed by atoms with E-state index in [9.17, 15) is 8.42 Å². The number of benzene rings is 2. The molecule has 1 aliphatic heterocycles. The highest BCUT2D eigenvalue weighted by Crippen LogP contribution is 2.18. The van der Waals surface area contributed by atoms with E-state index in [0.717, 1.165) is 43.3 Å². The van der Waals surface area contributed by atoms with Crippen LogP contribution in [0.25, 0.3) is 0 Å². The van der Waals surface area contributed by atoms with Gasteiger partial charge in [0.1, 0.15) is 0 Å². The van der Waals surface area contributed by atoms with Gasteiger partial charge < -0.3 is 4.74 Å². The summed E-state index contributed by atoms with van der Waals surface area (Å²) in [4.78, 5) is 3.68. The molecule has 0 saturated carbocycles. The van der Waals surface area contributed by atoms with E-state index in [2.05, 4.69) is 21.8 Å². The fourth-order valence-electron chi connectivity index (χ4n) is 2.87. The van der Waals surface area contributed by atoms with Gasteiger partial charge >= 0.3 is 0 Å². The minimum absolute atomic E-state index is 0.281. The van der Waals surface area contributed by atoms with Gasteiger partial charge in [-0.1, -0.05) is 24.3 Å². The van der Waals surface area contributed by atoms with Crippen molar-refractivity contribution in [2.24, 2.45) is 0 Å². The molecule has 1 fully saturated rings. The van der Waals surface area contributed by atoms with E-state index >= 15 is 0 Å². The summed E-state index contributed by atoms with van der Waals surface area (Å²) in [5, 5.41) is 0. The van der Waals surface area contributed by atoms with Crippen molar-refractivity contribution < 1.29 is 13.2 Å². The molecule has 0 aromatic heterocycles. The highest BCUT2D eigenvalue weighted by atomic mass is 32.2. The third kappa shape index (κ3) is 5.31. The summed E-state index contributed by atoms with van der Waals surface area (Å²) in [5.41, 5.74) is 2.15. The van der Waals surface area contributed by atoms with Crippen LogP contribution in [0.2, 0.25) is 0 Å². The first-order chi connectivity index (χ1) is 12.6. The molecule has 0 unspecified atom stereocenters. The molecule has 0 bridgehead atoms. The van der Waals surface area contributed by atoms with Gasteiger partial charge in [0.05, 0.1) is 18.1 Å². The molecular formula is C19H24N2O3S2. The number of hydrogen-bond acceptors (Lipinski definition) is 5. The van der Waals surface area contributed by atoms with Crippen LogP contribution in [0.5, 0.6) is 0 Å². The summed E-state index contributed by atoms with van der Waals surface area (Å²) in [5.74, 6) is 0. The van der Waals surface area contributed by atoms with Crippen LogP contribution in [0.4, 0.5) is 0 Å². The maximum absolute atomic E-state index is 12.5. The summed E-state index contributed by atoms with van der Waals surface area (Å²) in [6.45, 7) is 4.55. The number of nitrogens with zero attached hydrogens (tertiary/aromatic N) is 1. The van der Waals surface area contributed by atoms with E-state index in [1.807, 2.05) is 30.5 Å². The molecule has 1 N–H and O–H groups in total. The molecule has 2 aromatic rings. The molecule has 0 radical (unpaired) electrons. The van der Waals surface area contributed by atoms with Gasteiger partial charge in [-0.15, -0.1) is 11.8 Å². The summed E-state index contributed by atoms with van der Waals surface area (Å²) in [6.07, 6.45) is 1.96. The number of sulfonamides is 1. The van der Waals surface area contributed by atoms with Crippen LogP contribution in [0.1, 0.15) is 11.1 Å². The Morgan fingerprint density at radius 1 is 1.08 bits per heavy atom. The number of nitrogens with one attached hydrogen (secondary N) is 1. The van der Waals surface area contributed by atoms with Crippen molar-refractivity contribution >= 4 is 21.8 Å². The van der Waals surface area contributed by atoms with Crippen LogP contribution in [0.3, 0.4) is 0 Å². The Balaban J connectivity index is 1.62. The average molecular weight is 393 g/mol. The zero-order chi connectivity index (χ0) is 18.4. The predicted molar refractivity (Wildman–Crippen MR) is 105 cm³/mol. The number of rotatable bonds is 7. The van der Waals surface area contributed by atoms with Gasteiger partial charge in [0.15, 0.2) is 0 Å². The summed E-state index contributed by atoms with van der Waals surface area (Å²) >= 11 is 1.59. The maximum atomic E-state index is 12.5. The minimum atomic E-state index is -3.51. The van der Waals surface area contributed by atoms with Crippen LogP contribution in [0, 0.1) is 0 Å². The lowest BCUT2D eigenvalue weighted by molar-refractivity contribution is 0.0342. The van der Waals surface area contributed by atoms with Crippen molar-refractivity contribution in [2.75, 3.05) is 32.6 Å². The van der Waals surface area contributed by atoms with Gasteiger partial charge in [0, 0.05) is 31.1 Å². The molecule has 0 spiro atoms. The third-order valence-electron chi connectivity index (χ3n) is 4.34. The van der Waals surface area contributed by atoms with Crippen molar-refractivity contribution in [3.63, 3.8) is 0 Å². The molecule has 5 nitrogen and oxygen atoms in total. The number of hydrogen-bond donors (Lipinski definition) is 1. The van der Waals surface area contributed by atoms with E-state index in [0.29, 0.717) is 4.90 Å². The molecule has 0 amide bonds. The summed E-state index contributed by atoms with van der Waals surface area (Å²) in [6, 6.07) is 15.0. The Labute approximate surface area is 159 Å². The topological polar surface area (TPSA) is 58.6 Å². The molecule has 140 valence electrons. The fourth-order valence-corrected chi connectivity index (χ4v) is 4.30. The first-order valence-electron chi connectivity index (χ1n) is 8.58. The van der Waals surface area contributed by atoms with Crippen molar-refractivity contribution in [3.05, 3.63) is 59.7 Å². The lowest BCUT2D eigenvalue weighted by Crippen LogP contribution is -2.35. The minimum Gasteiger partial charge on any atom is -0.379 e.